The molecule has 6 heteroatoms. The molecular formula is C20H28N4O2. The van der Waals surface area contributed by atoms with E-state index in [-0.39, 0.29) is 0 Å². The number of aryl methyl sites for hydroxylation is 1. The Morgan fingerprint density at radius 2 is 2.15 bits per heavy atom. The quantitative estimate of drug-likeness (QED) is 0.750. The van der Waals surface area contributed by atoms with Crippen molar-refractivity contribution in [2.24, 2.45) is 17.8 Å². The van der Waals surface area contributed by atoms with E-state index in [9.17, 15) is 4.79 Å². The van der Waals surface area contributed by atoms with Crippen LogP contribution in [0.3, 0.4) is 0 Å². The van der Waals surface area contributed by atoms with Crippen LogP contribution in [0.15, 0.2) is 6.07 Å². The summed E-state index contributed by atoms with van der Waals surface area (Å²) in [5.41, 5.74) is 0.348. The maximum absolute atomic E-state index is 12.0. The Morgan fingerprint density at radius 3 is 2.85 bits per heavy atom. The molecule has 1 aliphatic carbocycles. The topological polar surface area (TPSA) is 79.1 Å². The van der Waals surface area contributed by atoms with Crippen LogP contribution in [0.5, 0.6) is 5.88 Å². The molecule has 0 radical (unpaired) electrons. The lowest BCUT2D eigenvalue weighted by atomic mass is 9.90. The molecule has 2 heterocycles. The molecule has 1 aliphatic heterocycles. The maximum atomic E-state index is 12.0. The predicted molar refractivity (Wildman–Crippen MR) is 97.4 cm³/mol. The van der Waals surface area contributed by atoms with E-state index in [0.29, 0.717) is 36.3 Å². The highest BCUT2D eigenvalue weighted by atomic mass is 16.5. The highest BCUT2D eigenvalue weighted by Gasteiger charge is 2.43. The number of aromatic nitrogens is 2. The first-order valence-corrected chi connectivity index (χ1v) is 9.77. The molecule has 2 atom stereocenters. The van der Waals surface area contributed by atoms with E-state index in [2.05, 4.69) is 16.9 Å². The van der Waals surface area contributed by atoms with E-state index in [1.54, 1.807) is 13.0 Å². The molecule has 1 saturated carbocycles. The Morgan fingerprint density at radius 1 is 1.38 bits per heavy atom. The minimum absolute atomic E-state index is 0.323. The minimum Gasteiger partial charge on any atom is -0.478 e. The Kier molecular flexibility index (Phi) is 6.08. The number of nitrogens with zero attached hydrogens (tertiary/aromatic N) is 4. The van der Waals surface area contributed by atoms with Gasteiger partial charge in [-0.3, -0.25) is 4.79 Å². The third-order valence-corrected chi connectivity index (χ3v) is 5.61. The van der Waals surface area contributed by atoms with Crippen LogP contribution in [-0.4, -0.2) is 40.5 Å². The van der Waals surface area contributed by atoms with Crippen LogP contribution in [0.2, 0.25) is 0 Å². The number of carbonyl (C=O) groups excluding carboxylic acids is 1. The third kappa shape index (κ3) is 4.72. The number of piperidine rings is 1. The summed E-state index contributed by atoms with van der Waals surface area (Å²) in [6, 6.07) is 3.63. The number of hydrogen-bond donors (Lipinski definition) is 0. The minimum atomic E-state index is 0.323. The van der Waals surface area contributed by atoms with Gasteiger partial charge in [0.1, 0.15) is 17.6 Å². The van der Waals surface area contributed by atoms with Crippen molar-refractivity contribution in [3.8, 4) is 11.9 Å². The van der Waals surface area contributed by atoms with Crippen molar-refractivity contribution < 1.29 is 9.53 Å². The summed E-state index contributed by atoms with van der Waals surface area (Å²) in [4.78, 5) is 22.3. The van der Waals surface area contributed by atoms with Crippen molar-refractivity contribution in [1.82, 2.24) is 14.9 Å². The molecule has 2 aliphatic rings. The molecule has 2 fully saturated rings. The molecule has 140 valence electrons. The number of rotatable bonds is 7. The second-order valence-corrected chi connectivity index (χ2v) is 7.52. The van der Waals surface area contributed by atoms with Gasteiger partial charge in [0.05, 0.1) is 6.61 Å². The van der Waals surface area contributed by atoms with Crippen LogP contribution in [0.1, 0.15) is 57.0 Å². The summed E-state index contributed by atoms with van der Waals surface area (Å²) in [5, 5.41) is 8.95. The Balaban J connectivity index is 1.37. The van der Waals surface area contributed by atoms with Crippen LogP contribution in [0.25, 0.3) is 0 Å². The molecular weight excluding hydrogens is 328 g/mol. The summed E-state index contributed by atoms with van der Waals surface area (Å²) in [6.07, 6.45) is 6.23. The molecule has 1 aromatic rings. The van der Waals surface area contributed by atoms with E-state index >= 15 is 0 Å². The summed E-state index contributed by atoms with van der Waals surface area (Å²) in [7, 11) is 0. The molecule has 0 spiro atoms. The average molecular weight is 356 g/mol. The fraction of sp³-hybridized carbons (Fsp3) is 0.700. The predicted octanol–water partition coefficient (Wildman–Crippen LogP) is 3.10. The van der Waals surface area contributed by atoms with Crippen molar-refractivity contribution in [1.29, 1.82) is 5.26 Å². The molecule has 1 aromatic heterocycles. The number of amides is 1. The van der Waals surface area contributed by atoms with Crippen LogP contribution in [0.4, 0.5) is 0 Å². The van der Waals surface area contributed by atoms with E-state index in [0.717, 1.165) is 56.5 Å². The lowest BCUT2D eigenvalue weighted by Crippen LogP contribution is -2.38. The lowest BCUT2D eigenvalue weighted by Gasteiger charge is -2.32. The SMILES string of the molecule is CCCC(=O)N1CCC([C@H]2C[C@H]2CCOc2cc(C#N)nc(C)n2)CC1. The monoisotopic (exact) mass is 356 g/mol. The first-order valence-electron chi connectivity index (χ1n) is 9.77. The molecule has 6 nitrogen and oxygen atoms in total. The van der Waals surface area contributed by atoms with Gasteiger partial charge in [-0.2, -0.15) is 10.2 Å². The largest absolute Gasteiger partial charge is 0.478 e. The fourth-order valence-electron chi connectivity index (χ4n) is 4.12. The fourth-order valence-corrected chi connectivity index (χ4v) is 4.12. The van der Waals surface area contributed by atoms with E-state index in [1.807, 2.05) is 11.0 Å². The molecule has 0 bridgehead atoms. The van der Waals surface area contributed by atoms with Gasteiger partial charge in [-0.05, 0) is 56.8 Å². The van der Waals surface area contributed by atoms with Crippen molar-refractivity contribution >= 4 is 5.91 Å². The Labute approximate surface area is 155 Å². The van der Waals surface area contributed by atoms with Gasteiger partial charge in [0.2, 0.25) is 11.8 Å². The van der Waals surface area contributed by atoms with Crippen LogP contribution in [0, 0.1) is 36.0 Å². The van der Waals surface area contributed by atoms with Gasteiger partial charge in [0.15, 0.2) is 0 Å². The zero-order valence-electron chi connectivity index (χ0n) is 15.8. The summed E-state index contributed by atoms with van der Waals surface area (Å²) in [6.45, 7) is 6.32. The average Bonchev–Trinajstić information content (AvgIpc) is 3.41. The first-order chi connectivity index (χ1) is 12.6. The van der Waals surface area contributed by atoms with Gasteiger partial charge in [0.25, 0.3) is 0 Å². The number of ether oxygens (including phenoxy) is 1. The third-order valence-electron chi connectivity index (χ3n) is 5.61. The smallest absolute Gasteiger partial charge is 0.222 e. The molecule has 0 aromatic carbocycles. The molecule has 26 heavy (non-hydrogen) atoms. The molecule has 1 saturated heterocycles. The van der Waals surface area contributed by atoms with Crippen molar-refractivity contribution in [2.45, 2.75) is 52.4 Å². The van der Waals surface area contributed by atoms with Gasteiger partial charge < -0.3 is 9.64 Å². The maximum Gasteiger partial charge on any atom is 0.222 e. The van der Waals surface area contributed by atoms with Gasteiger partial charge in [-0.25, -0.2) is 4.98 Å². The van der Waals surface area contributed by atoms with Crippen molar-refractivity contribution in [3.63, 3.8) is 0 Å². The first kappa shape index (κ1) is 18.6. The van der Waals surface area contributed by atoms with Gasteiger partial charge >= 0.3 is 0 Å². The van der Waals surface area contributed by atoms with Crippen LogP contribution < -0.4 is 4.74 Å². The Hall–Kier alpha value is -2.16. The summed E-state index contributed by atoms with van der Waals surface area (Å²) < 4.78 is 5.74. The highest BCUT2D eigenvalue weighted by Crippen LogP contribution is 2.49. The van der Waals surface area contributed by atoms with Crippen LogP contribution in [-0.2, 0) is 4.79 Å². The van der Waals surface area contributed by atoms with Gasteiger partial charge in [-0.15, -0.1) is 0 Å². The molecule has 3 rings (SSSR count). The highest BCUT2D eigenvalue weighted by molar-refractivity contribution is 5.76. The number of likely N-dealkylation sites (tertiary alicyclic amines) is 1. The molecule has 0 N–H and O–H groups in total. The van der Waals surface area contributed by atoms with Gasteiger partial charge in [0, 0.05) is 25.6 Å². The standard InChI is InChI=1S/C20H28N4O2/c1-3-4-20(25)24-8-5-15(6-9-24)18-11-16(18)7-10-26-19-12-17(13-21)22-14(2)23-19/h12,15-16,18H,3-11H2,1-2H3/t16-,18-/m1/s1. The van der Waals surface area contributed by atoms with Crippen molar-refractivity contribution in [2.75, 3.05) is 19.7 Å². The number of hydrogen-bond acceptors (Lipinski definition) is 5. The van der Waals surface area contributed by atoms with E-state index in [1.165, 1.54) is 6.42 Å². The lowest BCUT2D eigenvalue weighted by molar-refractivity contribution is -0.132. The zero-order chi connectivity index (χ0) is 18.5. The number of carbonyl (C=O) groups is 1. The number of nitriles is 1. The summed E-state index contributed by atoms with van der Waals surface area (Å²) in [5.74, 6) is 3.67. The molecule has 1 amide bonds. The van der Waals surface area contributed by atoms with Crippen molar-refractivity contribution in [3.05, 3.63) is 17.6 Å². The van der Waals surface area contributed by atoms with Gasteiger partial charge in [-0.1, -0.05) is 6.92 Å². The van der Waals surface area contributed by atoms with E-state index in [4.69, 9.17) is 10.00 Å². The summed E-state index contributed by atoms with van der Waals surface area (Å²) >= 11 is 0. The van der Waals surface area contributed by atoms with E-state index < -0.39 is 0 Å². The molecule has 0 unspecified atom stereocenters. The normalized spacial score (nSPS) is 22.7. The zero-order valence-corrected chi connectivity index (χ0v) is 15.8. The second kappa shape index (κ2) is 8.48. The van der Waals surface area contributed by atoms with Crippen LogP contribution >= 0.6 is 0 Å². The Bertz CT molecular complexity index is 677. The second-order valence-electron chi connectivity index (χ2n) is 7.52.